The van der Waals surface area contributed by atoms with Gasteiger partial charge in [-0.25, -0.2) is 8.78 Å². The Morgan fingerprint density at radius 1 is 1.05 bits per heavy atom. The van der Waals surface area contributed by atoms with Crippen LogP contribution in [0.15, 0.2) is 30.3 Å². The van der Waals surface area contributed by atoms with E-state index in [1.165, 1.54) is 12.1 Å². The number of carbonyl (C=O) groups is 1. The number of hydrogen-bond acceptors (Lipinski definition) is 1. The van der Waals surface area contributed by atoms with Crippen molar-refractivity contribution in [2.75, 3.05) is 5.32 Å². The fourth-order valence-electron chi connectivity index (χ4n) is 2.24. The maximum absolute atomic E-state index is 13.6. The molecule has 0 aromatic heterocycles. The summed E-state index contributed by atoms with van der Waals surface area (Å²) in [5.74, 6) is -2.82. The zero-order chi connectivity index (χ0) is 14.9. The van der Waals surface area contributed by atoms with Gasteiger partial charge in [-0.05, 0) is 44.0 Å². The van der Waals surface area contributed by atoms with Crippen molar-refractivity contribution in [2.24, 2.45) is 0 Å². The third-order valence-corrected chi connectivity index (χ3v) is 3.11. The average molecular weight is 275 g/mol. The van der Waals surface area contributed by atoms with Crippen LogP contribution in [0.4, 0.5) is 14.5 Å². The van der Waals surface area contributed by atoms with Gasteiger partial charge >= 0.3 is 0 Å². The molecule has 2 rings (SSSR count). The number of aryl methyl sites for hydroxylation is 3. The Labute approximate surface area is 116 Å². The van der Waals surface area contributed by atoms with Crippen molar-refractivity contribution >= 4 is 11.6 Å². The van der Waals surface area contributed by atoms with E-state index in [9.17, 15) is 13.6 Å². The number of rotatable bonds is 2. The van der Waals surface area contributed by atoms with E-state index in [4.69, 9.17) is 0 Å². The van der Waals surface area contributed by atoms with Gasteiger partial charge in [0.2, 0.25) is 0 Å². The minimum atomic E-state index is -1.13. The van der Waals surface area contributed by atoms with Crippen LogP contribution in [-0.2, 0) is 0 Å². The van der Waals surface area contributed by atoms with Crippen molar-refractivity contribution in [1.29, 1.82) is 0 Å². The van der Waals surface area contributed by atoms with Crippen molar-refractivity contribution in [3.05, 3.63) is 64.2 Å². The Kier molecular flexibility index (Phi) is 3.84. The van der Waals surface area contributed by atoms with Crippen LogP contribution in [0, 0.1) is 32.4 Å². The molecule has 0 aliphatic rings. The molecular weight excluding hydrogens is 260 g/mol. The summed E-state index contributed by atoms with van der Waals surface area (Å²) >= 11 is 0. The van der Waals surface area contributed by atoms with E-state index in [1.54, 1.807) is 0 Å². The highest BCUT2D eigenvalue weighted by atomic mass is 19.2. The molecule has 1 N–H and O–H groups in total. The lowest BCUT2D eigenvalue weighted by atomic mass is 10.0. The molecule has 20 heavy (non-hydrogen) atoms. The standard InChI is InChI=1S/C16H15F2NO/c1-9-7-10(2)15(11(3)8-9)19-16(20)12-5-4-6-13(17)14(12)18/h4-8H,1-3H3,(H,19,20). The first-order chi connectivity index (χ1) is 9.40. The number of anilines is 1. The number of amides is 1. The van der Waals surface area contributed by atoms with Gasteiger partial charge in [0, 0.05) is 5.69 Å². The molecule has 1 amide bonds. The van der Waals surface area contributed by atoms with Crippen LogP contribution >= 0.6 is 0 Å². The maximum atomic E-state index is 13.6. The summed E-state index contributed by atoms with van der Waals surface area (Å²) in [5, 5.41) is 2.64. The Bertz CT molecular complexity index is 657. The summed E-state index contributed by atoms with van der Waals surface area (Å²) in [7, 11) is 0. The molecule has 0 radical (unpaired) electrons. The fourth-order valence-corrected chi connectivity index (χ4v) is 2.24. The molecule has 4 heteroatoms. The quantitative estimate of drug-likeness (QED) is 0.876. The SMILES string of the molecule is Cc1cc(C)c(NC(=O)c2cccc(F)c2F)c(C)c1. The highest BCUT2D eigenvalue weighted by molar-refractivity contribution is 6.05. The van der Waals surface area contributed by atoms with Crippen LogP contribution in [0.25, 0.3) is 0 Å². The van der Waals surface area contributed by atoms with E-state index < -0.39 is 17.5 Å². The van der Waals surface area contributed by atoms with E-state index in [2.05, 4.69) is 5.32 Å². The van der Waals surface area contributed by atoms with Gasteiger partial charge < -0.3 is 5.32 Å². The number of carbonyl (C=O) groups excluding carboxylic acids is 1. The summed E-state index contributed by atoms with van der Waals surface area (Å²) in [6.07, 6.45) is 0. The zero-order valence-electron chi connectivity index (χ0n) is 11.6. The largest absolute Gasteiger partial charge is 0.321 e. The van der Waals surface area contributed by atoms with Gasteiger partial charge in [0.15, 0.2) is 11.6 Å². The average Bonchev–Trinajstić information content (AvgIpc) is 2.36. The van der Waals surface area contributed by atoms with Crippen molar-refractivity contribution in [3.63, 3.8) is 0 Å². The topological polar surface area (TPSA) is 29.1 Å². The minimum absolute atomic E-state index is 0.302. The van der Waals surface area contributed by atoms with Crippen LogP contribution in [0.5, 0.6) is 0 Å². The summed E-state index contributed by atoms with van der Waals surface area (Å²) in [5.41, 5.74) is 3.17. The molecule has 104 valence electrons. The minimum Gasteiger partial charge on any atom is -0.321 e. The fraction of sp³-hybridized carbons (Fsp3) is 0.188. The van der Waals surface area contributed by atoms with E-state index in [-0.39, 0.29) is 5.56 Å². The molecule has 2 aromatic carbocycles. The third-order valence-electron chi connectivity index (χ3n) is 3.11. The summed E-state index contributed by atoms with van der Waals surface area (Å²) in [6.45, 7) is 5.67. The van der Waals surface area contributed by atoms with E-state index in [0.717, 1.165) is 22.8 Å². The molecule has 0 atom stereocenters. The first-order valence-electron chi connectivity index (χ1n) is 6.23. The summed E-state index contributed by atoms with van der Waals surface area (Å²) in [4.78, 5) is 12.1. The molecule has 2 nitrogen and oxygen atoms in total. The van der Waals surface area contributed by atoms with E-state index >= 15 is 0 Å². The van der Waals surface area contributed by atoms with Crippen LogP contribution in [-0.4, -0.2) is 5.91 Å². The highest BCUT2D eigenvalue weighted by Gasteiger charge is 2.16. The second-order valence-electron chi connectivity index (χ2n) is 4.83. The summed E-state index contributed by atoms with van der Waals surface area (Å²) in [6, 6.07) is 7.39. The van der Waals surface area contributed by atoms with Gasteiger partial charge in [-0.15, -0.1) is 0 Å². The molecule has 0 saturated carbocycles. The van der Waals surface area contributed by atoms with Crippen molar-refractivity contribution in [2.45, 2.75) is 20.8 Å². The van der Waals surface area contributed by atoms with Gasteiger partial charge in [-0.1, -0.05) is 23.8 Å². The number of nitrogens with one attached hydrogen (secondary N) is 1. The molecule has 0 saturated heterocycles. The van der Waals surface area contributed by atoms with Crippen LogP contribution in [0.3, 0.4) is 0 Å². The van der Waals surface area contributed by atoms with E-state index in [0.29, 0.717) is 5.69 Å². The lowest BCUT2D eigenvalue weighted by Gasteiger charge is -2.13. The van der Waals surface area contributed by atoms with Crippen LogP contribution < -0.4 is 5.32 Å². The monoisotopic (exact) mass is 275 g/mol. The second kappa shape index (κ2) is 5.41. The third kappa shape index (κ3) is 2.69. The number of halogens is 2. The Hall–Kier alpha value is -2.23. The zero-order valence-corrected chi connectivity index (χ0v) is 11.6. The lowest BCUT2D eigenvalue weighted by Crippen LogP contribution is -2.16. The van der Waals surface area contributed by atoms with E-state index in [1.807, 2.05) is 32.9 Å². The van der Waals surface area contributed by atoms with Gasteiger partial charge in [-0.2, -0.15) is 0 Å². The van der Waals surface area contributed by atoms with Crippen molar-refractivity contribution in [3.8, 4) is 0 Å². The smallest absolute Gasteiger partial charge is 0.258 e. The molecule has 0 aliphatic heterocycles. The second-order valence-corrected chi connectivity index (χ2v) is 4.83. The maximum Gasteiger partial charge on any atom is 0.258 e. The Balaban J connectivity index is 2.36. The number of hydrogen-bond donors (Lipinski definition) is 1. The predicted octanol–water partition coefficient (Wildman–Crippen LogP) is 4.14. The van der Waals surface area contributed by atoms with Gasteiger partial charge in [0.25, 0.3) is 5.91 Å². The molecule has 0 bridgehead atoms. The van der Waals surface area contributed by atoms with Crippen LogP contribution in [0.2, 0.25) is 0 Å². The predicted molar refractivity (Wildman–Crippen MR) is 75.0 cm³/mol. The molecular formula is C16H15F2NO. The van der Waals surface area contributed by atoms with Crippen LogP contribution in [0.1, 0.15) is 27.0 Å². The van der Waals surface area contributed by atoms with Crippen molar-refractivity contribution in [1.82, 2.24) is 0 Å². The lowest BCUT2D eigenvalue weighted by molar-refractivity contribution is 0.102. The summed E-state index contributed by atoms with van der Waals surface area (Å²) < 4.78 is 26.7. The molecule has 0 unspecified atom stereocenters. The van der Waals surface area contributed by atoms with Gasteiger partial charge in [0.05, 0.1) is 5.56 Å². The Morgan fingerprint density at radius 2 is 1.65 bits per heavy atom. The highest BCUT2D eigenvalue weighted by Crippen LogP contribution is 2.23. The Morgan fingerprint density at radius 3 is 2.25 bits per heavy atom. The van der Waals surface area contributed by atoms with Crippen molar-refractivity contribution < 1.29 is 13.6 Å². The first kappa shape index (κ1) is 14.2. The molecule has 0 spiro atoms. The molecule has 0 heterocycles. The molecule has 0 aliphatic carbocycles. The van der Waals surface area contributed by atoms with Gasteiger partial charge in [0.1, 0.15) is 0 Å². The molecule has 2 aromatic rings. The van der Waals surface area contributed by atoms with Gasteiger partial charge in [-0.3, -0.25) is 4.79 Å². The molecule has 0 fully saturated rings. The first-order valence-corrected chi connectivity index (χ1v) is 6.23. The normalized spacial score (nSPS) is 10.4. The number of benzene rings is 2.